The average molecular weight is 340 g/mol. The molecule has 130 valence electrons. The van der Waals surface area contributed by atoms with Gasteiger partial charge in [-0.2, -0.15) is 0 Å². The number of amides is 1. The maximum atomic E-state index is 12.2. The quantitative estimate of drug-likeness (QED) is 0.563. The van der Waals surface area contributed by atoms with Crippen LogP contribution in [0.15, 0.2) is 42.7 Å². The number of nitriles is 1. The summed E-state index contributed by atoms with van der Waals surface area (Å²) < 4.78 is 12.3. The van der Waals surface area contributed by atoms with Gasteiger partial charge < -0.3 is 14.0 Å². The molecule has 1 aromatic heterocycles. The lowest BCUT2D eigenvalue weighted by molar-refractivity contribution is -0.527. The minimum atomic E-state index is -0.839. The largest absolute Gasteiger partial charge is 0.493 e. The molecule has 2 rings (SSSR count). The summed E-state index contributed by atoms with van der Waals surface area (Å²) in [5.41, 5.74) is 7.14. The second kappa shape index (κ2) is 8.71. The van der Waals surface area contributed by atoms with E-state index in [1.54, 1.807) is 38.7 Å². The Morgan fingerprint density at radius 3 is 2.48 bits per heavy atom. The molecular formula is C17H21BN4O3. The van der Waals surface area contributed by atoms with E-state index in [0.29, 0.717) is 17.1 Å². The molecule has 0 aliphatic heterocycles. The summed E-state index contributed by atoms with van der Waals surface area (Å²) in [4.78, 5) is 12.2. The lowest BCUT2D eigenvalue weighted by atomic mass is 9.98. The van der Waals surface area contributed by atoms with Gasteiger partial charge in [0.2, 0.25) is 0 Å². The number of carbonyl (C=O) groups excluding carboxylic acids is 1. The molecule has 0 fully saturated rings. The summed E-state index contributed by atoms with van der Waals surface area (Å²) >= 11 is 0. The number of ether oxygens (including phenoxy) is 2. The van der Waals surface area contributed by atoms with E-state index in [-0.39, 0.29) is 11.9 Å². The normalized spacial score (nSPS) is 11.3. The van der Waals surface area contributed by atoms with Crippen LogP contribution in [0.1, 0.15) is 28.9 Å². The summed E-state index contributed by atoms with van der Waals surface area (Å²) in [7, 11) is 2.33. The van der Waals surface area contributed by atoms with Crippen molar-refractivity contribution in [3.63, 3.8) is 0 Å². The maximum absolute atomic E-state index is 12.2. The topological polar surface area (TPSA) is 87.3 Å². The van der Waals surface area contributed by atoms with E-state index >= 15 is 0 Å². The van der Waals surface area contributed by atoms with Crippen molar-refractivity contribution >= 4 is 13.3 Å². The first kappa shape index (κ1) is 18.3. The Morgan fingerprint density at radius 1 is 1.20 bits per heavy atom. The van der Waals surface area contributed by atoms with Crippen molar-refractivity contribution in [3.05, 3.63) is 53.9 Å². The molecule has 0 aliphatic rings. The van der Waals surface area contributed by atoms with Crippen LogP contribution >= 0.6 is 0 Å². The fourth-order valence-electron chi connectivity index (χ4n) is 2.37. The first-order valence-corrected chi connectivity index (χ1v) is 8.00. The van der Waals surface area contributed by atoms with Gasteiger partial charge in [0, 0.05) is 18.2 Å². The number of nitrogens with one attached hydrogen (secondary N) is 2. The zero-order chi connectivity index (χ0) is 18.2. The van der Waals surface area contributed by atoms with Crippen molar-refractivity contribution in [1.82, 2.24) is 10.9 Å². The van der Waals surface area contributed by atoms with Gasteiger partial charge in [-0.3, -0.25) is 10.2 Å². The van der Waals surface area contributed by atoms with Crippen molar-refractivity contribution in [2.24, 2.45) is 0 Å². The third-order valence-electron chi connectivity index (χ3n) is 3.91. The molecule has 1 aromatic carbocycles. The van der Waals surface area contributed by atoms with Crippen molar-refractivity contribution in [3.8, 4) is 17.5 Å². The Morgan fingerprint density at radius 2 is 1.88 bits per heavy atom. The highest BCUT2D eigenvalue weighted by Crippen LogP contribution is 2.29. The van der Waals surface area contributed by atoms with Crippen molar-refractivity contribution < 1.29 is 18.7 Å². The van der Waals surface area contributed by atoms with Crippen LogP contribution in [-0.2, 0) is 0 Å². The molecule has 1 atom stereocenters. The van der Waals surface area contributed by atoms with Crippen LogP contribution in [-0.4, -0.2) is 27.5 Å². The highest BCUT2D eigenvalue weighted by Gasteiger charge is 2.12. The van der Waals surface area contributed by atoms with E-state index < -0.39 is 7.41 Å². The Hall–Kier alpha value is -3.05. The van der Waals surface area contributed by atoms with Crippen molar-refractivity contribution in [2.75, 3.05) is 14.2 Å². The van der Waals surface area contributed by atoms with Gasteiger partial charge in [-0.25, -0.2) is 10.7 Å². The molecular weight excluding hydrogens is 319 g/mol. The number of pyridine rings is 1. The second-order valence-electron chi connectivity index (χ2n) is 5.63. The summed E-state index contributed by atoms with van der Waals surface area (Å²) in [6, 6.07) is 8.85. The smallest absolute Gasteiger partial charge is 0.349 e. The Balaban J connectivity index is 1.98. The average Bonchev–Trinajstić information content (AvgIpc) is 2.66. The van der Waals surface area contributed by atoms with Crippen LogP contribution in [0.4, 0.5) is 0 Å². The molecule has 0 aliphatic carbocycles. The Kier molecular flexibility index (Phi) is 6.37. The number of rotatable bonds is 7. The summed E-state index contributed by atoms with van der Waals surface area (Å²) in [5, 5.41) is 8.70. The van der Waals surface area contributed by atoms with Crippen LogP contribution in [0.3, 0.4) is 0 Å². The molecule has 0 bridgehead atoms. The van der Waals surface area contributed by atoms with Crippen molar-refractivity contribution in [2.45, 2.75) is 13.0 Å². The van der Waals surface area contributed by atoms with E-state index in [2.05, 4.69) is 16.8 Å². The zero-order valence-electron chi connectivity index (χ0n) is 14.7. The molecule has 0 radical (unpaired) electrons. The lowest BCUT2D eigenvalue weighted by Crippen LogP contribution is -2.41. The summed E-state index contributed by atoms with van der Waals surface area (Å²) in [6.45, 7) is 1.93. The third-order valence-corrected chi connectivity index (χ3v) is 3.91. The van der Waals surface area contributed by atoms with E-state index in [0.717, 1.165) is 5.56 Å². The lowest BCUT2D eigenvalue weighted by Gasteiger charge is -2.17. The predicted molar refractivity (Wildman–Crippen MR) is 94.8 cm³/mol. The monoisotopic (exact) mass is 340 g/mol. The number of hydrogen-bond acceptors (Lipinski definition) is 5. The van der Waals surface area contributed by atoms with Crippen molar-refractivity contribution in [1.29, 1.82) is 5.26 Å². The van der Waals surface area contributed by atoms with Gasteiger partial charge in [0.05, 0.1) is 19.8 Å². The number of benzene rings is 1. The molecule has 2 N–H and O–H groups in total. The van der Waals surface area contributed by atoms with Gasteiger partial charge >= 0.3 is 7.41 Å². The molecule has 0 saturated carbocycles. The van der Waals surface area contributed by atoms with Crippen LogP contribution in [0.2, 0.25) is 0 Å². The SMILES string of the molecule is COc1ccc(C(C)NNC(=O)c2cc[n+]([BH2-]C#N)cc2)cc1OC. The van der Waals surface area contributed by atoms with Crippen LogP contribution < -0.4 is 24.8 Å². The highest BCUT2D eigenvalue weighted by molar-refractivity contribution is 6.35. The number of hydrazine groups is 1. The maximum Gasteiger partial charge on any atom is 0.349 e. The third kappa shape index (κ3) is 4.72. The van der Waals surface area contributed by atoms with E-state index in [1.807, 2.05) is 29.6 Å². The zero-order valence-corrected chi connectivity index (χ0v) is 14.7. The Labute approximate surface area is 147 Å². The fourth-order valence-corrected chi connectivity index (χ4v) is 2.37. The minimum absolute atomic E-state index is 0.123. The van der Waals surface area contributed by atoms with Gasteiger partial charge in [0.1, 0.15) is 12.4 Å². The molecule has 7 nitrogen and oxygen atoms in total. The second-order valence-corrected chi connectivity index (χ2v) is 5.63. The van der Waals surface area contributed by atoms with Gasteiger partial charge in [-0.05, 0) is 24.6 Å². The molecule has 8 heteroatoms. The standard InChI is InChI=1S/C17H21BN4O3/c1-12(14-4-5-15(24-2)16(10-14)25-3)20-21-17(23)13-6-8-22(9-7-13)18-11-19/h4-10,12,20H,18H2,1-3H3,(H,21,23). The number of aromatic nitrogens is 1. The number of methoxy groups -OCH3 is 2. The van der Waals surface area contributed by atoms with Crippen LogP contribution in [0, 0.1) is 11.2 Å². The van der Waals surface area contributed by atoms with Crippen LogP contribution in [0.5, 0.6) is 11.5 Å². The molecule has 2 aromatic rings. The predicted octanol–water partition coefficient (Wildman–Crippen LogP) is 0.400. The van der Waals surface area contributed by atoms with Crippen LogP contribution in [0.25, 0.3) is 0 Å². The molecule has 1 amide bonds. The first-order chi connectivity index (χ1) is 12.1. The first-order valence-electron chi connectivity index (χ1n) is 8.00. The number of carbonyl (C=O) groups is 1. The molecule has 0 saturated heterocycles. The fraction of sp³-hybridized carbons (Fsp3) is 0.235. The number of nitrogens with zero attached hydrogens (tertiary/aromatic N) is 2. The molecule has 1 unspecified atom stereocenters. The Bertz CT molecular complexity index is 774. The summed E-state index contributed by atoms with van der Waals surface area (Å²) in [5.74, 6) is 3.21. The van der Waals surface area contributed by atoms with E-state index in [1.165, 1.54) is 0 Å². The van der Waals surface area contributed by atoms with E-state index in [9.17, 15) is 4.79 Å². The van der Waals surface area contributed by atoms with Gasteiger partial charge in [0.15, 0.2) is 11.5 Å². The van der Waals surface area contributed by atoms with Gasteiger partial charge in [-0.1, -0.05) is 12.0 Å². The molecule has 25 heavy (non-hydrogen) atoms. The van der Waals surface area contributed by atoms with Gasteiger partial charge in [0.25, 0.3) is 5.91 Å². The molecule has 1 heterocycles. The molecule has 0 spiro atoms. The highest BCUT2D eigenvalue weighted by atomic mass is 16.5. The summed E-state index contributed by atoms with van der Waals surface area (Å²) in [6.07, 6.45) is 3.49. The van der Waals surface area contributed by atoms with E-state index in [4.69, 9.17) is 14.7 Å². The van der Waals surface area contributed by atoms with Gasteiger partial charge in [-0.15, -0.1) is 0 Å². The number of hydrogen-bond donors (Lipinski definition) is 2. The minimum Gasteiger partial charge on any atom is -0.493 e.